The van der Waals surface area contributed by atoms with Crippen molar-refractivity contribution in [1.29, 1.82) is 0 Å². The van der Waals surface area contributed by atoms with Crippen LogP contribution < -0.4 is 0 Å². The number of hydrogen-bond acceptors (Lipinski definition) is 4. The minimum Gasteiger partial charge on any atom is -0.480 e. The van der Waals surface area contributed by atoms with E-state index in [1.165, 1.54) is 12.8 Å². The highest BCUT2D eigenvalue weighted by Crippen LogP contribution is 2.35. The fraction of sp³-hybridized carbons (Fsp3) is 0.857. The van der Waals surface area contributed by atoms with Crippen LogP contribution in [0.25, 0.3) is 0 Å². The van der Waals surface area contributed by atoms with Crippen LogP contribution in [0, 0.1) is 11.3 Å². The second kappa shape index (κ2) is 6.01. The zero-order valence-electron chi connectivity index (χ0n) is 11.1. The van der Waals surface area contributed by atoms with Gasteiger partial charge in [-0.25, -0.2) is 0 Å². The summed E-state index contributed by atoms with van der Waals surface area (Å²) in [5.41, 5.74) is -1.53. The SMILES string of the molecule is O=C(O)C1(CC(O)CC2CCCC2)COCCC1=O. The largest absolute Gasteiger partial charge is 0.480 e. The van der Waals surface area contributed by atoms with E-state index in [4.69, 9.17) is 4.74 Å². The molecule has 108 valence electrons. The minimum absolute atomic E-state index is 0.0162. The van der Waals surface area contributed by atoms with Crippen LogP contribution in [0.2, 0.25) is 0 Å². The van der Waals surface area contributed by atoms with Gasteiger partial charge in [0.05, 0.1) is 19.3 Å². The maximum atomic E-state index is 12.0. The van der Waals surface area contributed by atoms with Gasteiger partial charge in [-0.05, 0) is 18.8 Å². The lowest BCUT2D eigenvalue weighted by molar-refractivity contribution is -0.167. The van der Waals surface area contributed by atoms with Crippen molar-refractivity contribution in [3.05, 3.63) is 0 Å². The highest BCUT2D eigenvalue weighted by atomic mass is 16.5. The number of aliphatic hydroxyl groups excluding tert-OH is 1. The van der Waals surface area contributed by atoms with Gasteiger partial charge in [-0.1, -0.05) is 25.7 Å². The number of Topliss-reactive ketones (excluding diaryl/α,β-unsaturated/α-hetero) is 1. The molecule has 1 heterocycles. The maximum Gasteiger partial charge on any atom is 0.319 e. The topological polar surface area (TPSA) is 83.8 Å². The number of carbonyl (C=O) groups is 2. The lowest BCUT2D eigenvalue weighted by atomic mass is 9.75. The van der Waals surface area contributed by atoms with Crippen molar-refractivity contribution in [2.24, 2.45) is 11.3 Å². The Morgan fingerprint density at radius 3 is 2.68 bits per heavy atom. The molecular weight excluding hydrogens is 248 g/mol. The second-order valence-electron chi connectivity index (χ2n) is 5.86. The highest BCUT2D eigenvalue weighted by molar-refractivity contribution is 6.03. The Morgan fingerprint density at radius 1 is 1.42 bits per heavy atom. The van der Waals surface area contributed by atoms with Crippen molar-refractivity contribution in [3.63, 3.8) is 0 Å². The van der Waals surface area contributed by atoms with E-state index in [9.17, 15) is 19.8 Å². The third kappa shape index (κ3) is 3.15. The van der Waals surface area contributed by atoms with Crippen molar-refractivity contribution in [1.82, 2.24) is 0 Å². The normalized spacial score (nSPS) is 30.5. The fourth-order valence-corrected chi connectivity index (χ4v) is 3.29. The predicted octanol–water partition coefficient (Wildman–Crippen LogP) is 1.38. The lowest BCUT2D eigenvalue weighted by Gasteiger charge is -2.33. The Hall–Kier alpha value is -0.940. The van der Waals surface area contributed by atoms with Gasteiger partial charge in [0, 0.05) is 6.42 Å². The van der Waals surface area contributed by atoms with E-state index in [0.717, 1.165) is 12.8 Å². The zero-order valence-corrected chi connectivity index (χ0v) is 11.1. The molecule has 0 aromatic heterocycles. The molecule has 5 nitrogen and oxygen atoms in total. The molecule has 2 unspecified atom stereocenters. The Labute approximate surface area is 112 Å². The van der Waals surface area contributed by atoms with Crippen LogP contribution in [-0.2, 0) is 14.3 Å². The smallest absolute Gasteiger partial charge is 0.319 e. The molecule has 2 N–H and O–H groups in total. The van der Waals surface area contributed by atoms with Crippen LogP contribution in [0.5, 0.6) is 0 Å². The molecule has 0 aromatic carbocycles. The number of ketones is 1. The van der Waals surface area contributed by atoms with Gasteiger partial charge in [0.15, 0.2) is 11.2 Å². The average molecular weight is 270 g/mol. The molecule has 2 aliphatic rings. The maximum absolute atomic E-state index is 12.0. The molecule has 5 heteroatoms. The molecule has 1 saturated carbocycles. The quantitative estimate of drug-likeness (QED) is 0.737. The molecular formula is C14H22O5. The number of aliphatic hydroxyl groups is 1. The van der Waals surface area contributed by atoms with Gasteiger partial charge >= 0.3 is 5.97 Å². The van der Waals surface area contributed by atoms with Gasteiger partial charge in [-0.3, -0.25) is 9.59 Å². The number of ether oxygens (including phenoxy) is 1. The van der Waals surface area contributed by atoms with E-state index < -0.39 is 17.5 Å². The Balaban J connectivity index is 1.99. The van der Waals surface area contributed by atoms with E-state index in [-0.39, 0.29) is 31.8 Å². The summed E-state index contributed by atoms with van der Waals surface area (Å²) in [6.45, 7) is 0.176. The van der Waals surface area contributed by atoms with Gasteiger partial charge in [0.2, 0.25) is 0 Å². The Bertz CT molecular complexity index is 348. The first-order chi connectivity index (χ1) is 9.04. The molecule has 1 aliphatic heterocycles. The number of carbonyl (C=O) groups excluding carboxylic acids is 1. The fourth-order valence-electron chi connectivity index (χ4n) is 3.29. The number of carboxylic acids is 1. The van der Waals surface area contributed by atoms with Crippen molar-refractivity contribution < 1.29 is 24.5 Å². The Kier molecular flexibility index (Phi) is 4.58. The van der Waals surface area contributed by atoms with Gasteiger partial charge in [-0.15, -0.1) is 0 Å². The van der Waals surface area contributed by atoms with Crippen LogP contribution in [-0.4, -0.2) is 41.3 Å². The summed E-state index contributed by atoms with van der Waals surface area (Å²) >= 11 is 0. The minimum atomic E-state index is -1.53. The lowest BCUT2D eigenvalue weighted by Crippen LogP contribution is -2.49. The average Bonchev–Trinajstić information content (AvgIpc) is 2.84. The molecule has 2 atom stereocenters. The van der Waals surface area contributed by atoms with Gasteiger partial charge < -0.3 is 14.9 Å². The van der Waals surface area contributed by atoms with Crippen LogP contribution in [0.3, 0.4) is 0 Å². The number of rotatable bonds is 5. The van der Waals surface area contributed by atoms with Crippen LogP contribution >= 0.6 is 0 Å². The summed E-state index contributed by atoms with van der Waals surface area (Å²) in [6.07, 6.45) is 4.54. The zero-order chi connectivity index (χ0) is 13.9. The molecule has 0 radical (unpaired) electrons. The molecule has 19 heavy (non-hydrogen) atoms. The van der Waals surface area contributed by atoms with Crippen molar-refractivity contribution >= 4 is 11.8 Å². The van der Waals surface area contributed by atoms with Crippen molar-refractivity contribution in [3.8, 4) is 0 Å². The molecule has 0 spiro atoms. The van der Waals surface area contributed by atoms with E-state index >= 15 is 0 Å². The van der Waals surface area contributed by atoms with Gasteiger partial charge in [0.1, 0.15) is 0 Å². The summed E-state index contributed by atoms with van der Waals surface area (Å²) in [6, 6.07) is 0. The van der Waals surface area contributed by atoms with E-state index in [2.05, 4.69) is 0 Å². The first-order valence-corrected chi connectivity index (χ1v) is 7.07. The van der Waals surface area contributed by atoms with Gasteiger partial charge in [0.25, 0.3) is 0 Å². The molecule has 2 fully saturated rings. The van der Waals surface area contributed by atoms with E-state index in [1.807, 2.05) is 0 Å². The molecule has 0 aromatic rings. The van der Waals surface area contributed by atoms with Crippen molar-refractivity contribution in [2.75, 3.05) is 13.2 Å². The molecule has 1 saturated heterocycles. The third-order valence-electron chi connectivity index (χ3n) is 4.43. The van der Waals surface area contributed by atoms with Crippen LogP contribution in [0.1, 0.15) is 44.9 Å². The number of hydrogen-bond donors (Lipinski definition) is 2. The highest BCUT2D eigenvalue weighted by Gasteiger charge is 2.49. The summed E-state index contributed by atoms with van der Waals surface area (Å²) in [5.74, 6) is -1.00. The van der Waals surface area contributed by atoms with Crippen LogP contribution in [0.4, 0.5) is 0 Å². The first-order valence-electron chi connectivity index (χ1n) is 7.07. The first kappa shape index (κ1) is 14.5. The summed E-state index contributed by atoms with van der Waals surface area (Å²) in [5, 5.41) is 19.5. The second-order valence-corrected chi connectivity index (χ2v) is 5.86. The molecule has 0 amide bonds. The summed E-state index contributed by atoms with van der Waals surface area (Å²) in [7, 11) is 0. The van der Waals surface area contributed by atoms with Gasteiger partial charge in [-0.2, -0.15) is 0 Å². The van der Waals surface area contributed by atoms with E-state index in [1.54, 1.807) is 0 Å². The number of carboxylic acid groups (broad SMARTS) is 1. The summed E-state index contributed by atoms with van der Waals surface area (Å²) < 4.78 is 5.18. The van der Waals surface area contributed by atoms with Crippen LogP contribution in [0.15, 0.2) is 0 Å². The predicted molar refractivity (Wildman–Crippen MR) is 67.7 cm³/mol. The molecule has 0 bridgehead atoms. The molecule has 1 aliphatic carbocycles. The third-order valence-corrected chi connectivity index (χ3v) is 4.43. The van der Waals surface area contributed by atoms with Crippen molar-refractivity contribution in [2.45, 2.75) is 51.0 Å². The summed E-state index contributed by atoms with van der Waals surface area (Å²) in [4.78, 5) is 23.4. The molecule has 2 rings (SSSR count). The number of aliphatic carboxylic acids is 1. The Morgan fingerprint density at radius 2 is 2.11 bits per heavy atom. The monoisotopic (exact) mass is 270 g/mol. The van der Waals surface area contributed by atoms with E-state index in [0.29, 0.717) is 12.3 Å². The standard InChI is InChI=1S/C14H22O5/c15-11(7-10-3-1-2-4-10)8-14(13(17)18)9-19-6-5-12(14)16/h10-11,15H,1-9H2,(H,17,18).